The number of ether oxygens (including phenoxy) is 1. The molecule has 2 aromatic rings. The van der Waals surface area contributed by atoms with Gasteiger partial charge < -0.3 is 9.64 Å². The highest BCUT2D eigenvalue weighted by atomic mass is 19.1. The van der Waals surface area contributed by atoms with Gasteiger partial charge >= 0.3 is 6.01 Å². The van der Waals surface area contributed by atoms with E-state index >= 15 is 0 Å². The smallest absolute Gasteiger partial charge is 0.319 e. The second-order valence-corrected chi connectivity index (χ2v) is 9.93. The van der Waals surface area contributed by atoms with Crippen LogP contribution in [-0.2, 0) is 0 Å². The van der Waals surface area contributed by atoms with Gasteiger partial charge in [0, 0.05) is 37.5 Å². The van der Waals surface area contributed by atoms with E-state index in [0.29, 0.717) is 36.0 Å². The molecular weight excluding hydrogens is 405 g/mol. The van der Waals surface area contributed by atoms with E-state index in [0.717, 1.165) is 38.5 Å². The highest BCUT2D eigenvalue weighted by Crippen LogP contribution is 2.42. The van der Waals surface area contributed by atoms with Crippen LogP contribution in [0.2, 0.25) is 0 Å². The molecule has 5 nitrogen and oxygen atoms in total. The van der Waals surface area contributed by atoms with E-state index in [1.807, 2.05) is 0 Å². The minimum absolute atomic E-state index is 0.0786. The van der Waals surface area contributed by atoms with Crippen LogP contribution in [0.3, 0.4) is 0 Å². The molecule has 1 aliphatic carbocycles. The van der Waals surface area contributed by atoms with E-state index in [2.05, 4.69) is 19.8 Å². The summed E-state index contributed by atoms with van der Waals surface area (Å²) >= 11 is 0. The second-order valence-electron chi connectivity index (χ2n) is 9.93. The van der Waals surface area contributed by atoms with E-state index in [1.165, 1.54) is 25.3 Å². The zero-order valence-corrected chi connectivity index (χ0v) is 17.5. The summed E-state index contributed by atoms with van der Waals surface area (Å²) in [7, 11) is 0. The minimum Gasteiger partial charge on any atom is -0.461 e. The van der Waals surface area contributed by atoms with Crippen LogP contribution in [0.5, 0.6) is 6.01 Å². The van der Waals surface area contributed by atoms with Crippen molar-refractivity contribution in [1.29, 1.82) is 0 Å². The number of piperidine rings is 1. The summed E-state index contributed by atoms with van der Waals surface area (Å²) in [5.41, 5.74) is -0.251. The van der Waals surface area contributed by atoms with Gasteiger partial charge in [-0.25, -0.2) is 13.2 Å². The molecule has 0 N–H and O–H groups in total. The predicted molar refractivity (Wildman–Crippen MR) is 111 cm³/mol. The van der Waals surface area contributed by atoms with Gasteiger partial charge in [-0.2, -0.15) is 9.97 Å². The maximum absolute atomic E-state index is 14.7. The Bertz CT molecular complexity index is 1010. The molecule has 166 valence electrons. The van der Waals surface area contributed by atoms with Gasteiger partial charge in [-0.05, 0) is 56.6 Å². The average Bonchev–Trinajstić information content (AvgIpc) is 3.37. The molecule has 31 heavy (non-hydrogen) atoms. The quantitative estimate of drug-likeness (QED) is 0.728. The van der Waals surface area contributed by atoms with E-state index in [9.17, 15) is 13.2 Å². The Kier molecular flexibility index (Phi) is 4.56. The molecule has 0 spiro atoms. The standard InChI is InChI=1S/C23H27F3N4O/c24-16-7-18-20(19(26)8-16)27-22(28-21(18)29-10-14-2-3-15(6-14)11-29)31-13-23-4-1-5-30(23)12-17(25)9-23/h7-8,14-15,17H,1-6,9-13H2/t14?,15?,17-,23+/m1/s1. The Hall–Kier alpha value is -2.09. The van der Waals surface area contributed by atoms with Gasteiger partial charge in [0.25, 0.3) is 0 Å². The Morgan fingerprint density at radius 2 is 1.90 bits per heavy atom. The van der Waals surface area contributed by atoms with Gasteiger partial charge in [-0.15, -0.1) is 0 Å². The second kappa shape index (κ2) is 7.22. The molecule has 1 aromatic carbocycles. The summed E-state index contributed by atoms with van der Waals surface area (Å²) in [6.45, 7) is 3.27. The van der Waals surface area contributed by atoms with Crippen molar-refractivity contribution < 1.29 is 17.9 Å². The first-order chi connectivity index (χ1) is 15.0. The first-order valence-corrected chi connectivity index (χ1v) is 11.4. The third-order valence-electron chi connectivity index (χ3n) is 7.82. The number of anilines is 1. The molecule has 0 amide bonds. The van der Waals surface area contributed by atoms with Crippen molar-refractivity contribution in [2.45, 2.75) is 50.2 Å². The summed E-state index contributed by atoms with van der Waals surface area (Å²) in [6.07, 6.45) is 5.10. The largest absolute Gasteiger partial charge is 0.461 e. The highest BCUT2D eigenvalue weighted by Gasteiger charge is 2.49. The Morgan fingerprint density at radius 1 is 1.10 bits per heavy atom. The van der Waals surface area contributed by atoms with Gasteiger partial charge in [0.1, 0.15) is 29.9 Å². The molecule has 3 aliphatic heterocycles. The number of fused-ring (bicyclic) bond motifs is 4. The van der Waals surface area contributed by atoms with Gasteiger partial charge in [0.05, 0.1) is 5.54 Å². The molecule has 4 heterocycles. The zero-order chi connectivity index (χ0) is 21.2. The lowest BCUT2D eigenvalue weighted by Gasteiger charge is -2.34. The van der Waals surface area contributed by atoms with Gasteiger partial charge in [-0.3, -0.25) is 4.90 Å². The predicted octanol–water partition coefficient (Wildman–Crippen LogP) is 4.10. The molecule has 0 radical (unpaired) electrons. The molecule has 3 saturated heterocycles. The lowest BCUT2D eigenvalue weighted by Crippen LogP contribution is -2.43. The fraction of sp³-hybridized carbons (Fsp3) is 0.652. The zero-order valence-electron chi connectivity index (χ0n) is 17.5. The molecule has 2 bridgehead atoms. The van der Waals surface area contributed by atoms with Crippen LogP contribution in [0, 0.1) is 23.5 Å². The Morgan fingerprint density at radius 3 is 2.71 bits per heavy atom. The Balaban J connectivity index is 1.35. The van der Waals surface area contributed by atoms with Crippen molar-refractivity contribution in [2.75, 3.05) is 37.7 Å². The van der Waals surface area contributed by atoms with Crippen molar-refractivity contribution in [3.05, 3.63) is 23.8 Å². The highest BCUT2D eigenvalue weighted by molar-refractivity contribution is 5.90. The molecule has 6 rings (SSSR count). The number of alkyl halides is 1. The van der Waals surface area contributed by atoms with E-state index in [4.69, 9.17) is 4.74 Å². The van der Waals surface area contributed by atoms with Gasteiger partial charge in [-0.1, -0.05) is 0 Å². The summed E-state index contributed by atoms with van der Waals surface area (Å²) < 4.78 is 48.8. The number of hydrogen-bond donors (Lipinski definition) is 0. The van der Waals surface area contributed by atoms with Crippen molar-refractivity contribution in [3.63, 3.8) is 0 Å². The molecule has 8 heteroatoms. The van der Waals surface area contributed by atoms with Crippen LogP contribution in [-0.4, -0.2) is 59.4 Å². The van der Waals surface area contributed by atoms with Crippen molar-refractivity contribution in [2.24, 2.45) is 11.8 Å². The fourth-order valence-corrected chi connectivity index (χ4v) is 6.46. The number of halogens is 3. The number of hydrogen-bond acceptors (Lipinski definition) is 5. The summed E-state index contributed by atoms with van der Waals surface area (Å²) in [6, 6.07) is 2.26. The van der Waals surface area contributed by atoms with Crippen LogP contribution in [0.1, 0.15) is 38.5 Å². The van der Waals surface area contributed by atoms with Crippen LogP contribution in [0.4, 0.5) is 19.0 Å². The van der Waals surface area contributed by atoms with Crippen LogP contribution in [0.25, 0.3) is 10.9 Å². The van der Waals surface area contributed by atoms with Crippen molar-refractivity contribution in [3.8, 4) is 6.01 Å². The van der Waals surface area contributed by atoms with Gasteiger partial charge in [0.2, 0.25) is 0 Å². The summed E-state index contributed by atoms with van der Waals surface area (Å²) in [5, 5.41) is 0.386. The van der Waals surface area contributed by atoms with E-state index < -0.39 is 17.8 Å². The maximum Gasteiger partial charge on any atom is 0.319 e. The topological polar surface area (TPSA) is 41.5 Å². The molecule has 4 atom stereocenters. The number of rotatable bonds is 4. The lowest BCUT2D eigenvalue weighted by atomic mass is 9.95. The molecule has 1 saturated carbocycles. The first kappa shape index (κ1) is 19.6. The average molecular weight is 432 g/mol. The number of aromatic nitrogens is 2. The molecule has 2 unspecified atom stereocenters. The fourth-order valence-electron chi connectivity index (χ4n) is 6.46. The molecule has 1 aromatic heterocycles. The van der Waals surface area contributed by atoms with E-state index in [1.54, 1.807) is 0 Å². The Labute approximate surface area is 179 Å². The molecule has 4 aliphatic rings. The number of benzene rings is 1. The normalized spacial score (nSPS) is 32.7. The first-order valence-electron chi connectivity index (χ1n) is 11.4. The maximum atomic E-state index is 14.7. The third-order valence-corrected chi connectivity index (χ3v) is 7.82. The van der Waals surface area contributed by atoms with Crippen LogP contribution < -0.4 is 9.64 Å². The SMILES string of the molecule is Fc1cc(F)c2nc(OC[C@@]34CCCN3C[C@H](F)C4)nc(N3CC4CCC(C4)C3)c2c1. The number of nitrogens with zero attached hydrogens (tertiary/aromatic N) is 4. The van der Waals surface area contributed by atoms with Crippen LogP contribution in [0.15, 0.2) is 12.1 Å². The molecular formula is C23H27F3N4O. The molecule has 4 fully saturated rings. The lowest BCUT2D eigenvalue weighted by molar-refractivity contribution is 0.107. The van der Waals surface area contributed by atoms with Crippen LogP contribution >= 0.6 is 0 Å². The van der Waals surface area contributed by atoms with E-state index in [-0.39, 0.29) is 23.7 Å². The summed E-state index contributed by atoms with van der Waals surface area (Å²) in [4.78, 5) is 13.3. The minimum atomic E-state index is -0.846. The van der Waals surface area contributed by atoms with Crippen molar-refractivity contribution in [1.82, 2.24) is 14.9 Å². The van der Waals surface area contributed by atoms with Crippen molar-refractivity contribution >= 4 is 16.7 Å². The summed E-state index contributed by atoms with van der Waals surface area (Å²) in [5.74, 6) is 0.387. The monoisotopic (exact) mass is 432 g/mol. The van der Waals surface area contributed by atoms with Gasteiger partial charge in [0.15, 0.2) is 5.82 Å². The third kappa shape index (κ3) is 3.34.